The summed E-state index contributed by atoms with van der Waals surface area (Å²) < 4.78 is 5.61. The van der Waals surface area contributed by atoms with Crippen LogP contribution in [0.4, 0.5) is 0 Å². The Morgan fingerprint density at radius 3 is 2.50 bits per heavy atom. The van der Waals surface area contributed by atoms with Gasteiger partial charge in [0.15, 0.2) is 0 Å². The van der Waals surface area contributed by atoms with Crippen molar-refractivity contribution in [2.24, 2.45) is 17.4 Å². The Morgan fingerprint density at radius 2 is 2.00 bits per heavy atom. The van der Waals surface area contributed by atoms with Gasteiger partial charge in [-0.05, 0) is 38.0 Å². The molecular weight excluding hydrogens is 204 g/mol. The van der Waals surface area contributed by atoms with E-state index in [9.17, 15) is 0 Å². The number of aliphatic hydroxyl groups excluding tert-OH is 1. The fraction of sp³-hybridized carbons (Fsp3) is 0.833. The predicted molar refractivity (Wildman–Crippen MR) is 65.1 cm³/mol. The molecule has 4 heteroatoms. The molecule has 0 heterocycles. The maximum absolute atomic E-state index is 9.16. The molecule has 16 heavy (non-hydrogen) atoms. The zero-order valence-corrected chi connectivity index (χ0v) is 9.90. The summed E-state index contributed by atoms with van der Waals surface area (Å²) in [6, 6.07) is -0.272. The fourth-order valence-corrected chi connectivity index (χ4v) is 2.26. The third-order valence-electron chi connectivity index (χ3n) is 3.28. The van der Waals surface area contributed by atoms with Gasteiger partial charge >= 0.3 is 0 Å². The molecule has 0 amide bonds. The van der Waals surface area contributed by atoms with Crippen molar-refractivity contribution >= 4 is 0 Å². The molecule has 1 atom stereocenters. The third-order valence-corrected chi connectivity index (χ3v) is 3.28. The largest absolute Gasteiger partial charge is 0.511 e. The van der Waals surface area contributed by atoms with Crippen molar-refractivity contribution in [1.29, 1.82) is 0 Å². The summed E-state index contributed by atoms with van der Waals surface area (Å²) in [5.41, 5.74) is 11.2. The Balaban J connectivity index is 2.19. The second-order valence-corrected chi connectivity index (χ2v) is 4.64. The molecule has 0 aromatic rings. The average Bonchev–Trinajstić information content (AvgIpc) is 2.28. The van der Waals surface area contributed by atoms with Crippen LogP contribution in [0.5, 0.6) is 0 Å². The minimum absolute atomic E-state index is 0.0986. The van der Waals surface area contributed by atoms with Crippen molar-refractivity contribution in [3.63, 3.8) is 0 Å². The number of ether oxygens (including phenoxy) is 1. The number of hydrogen-bond donors (Lipinski definition) is 3. The molecule has 94 valence electrons. The fourth-order valence-electron chi connectivity index (χ4n) is 2.26. The first-order valence-electron chi connectivity index (χ1n) is 6.08. The summed E-state index contributed by atoms with van der Waals surface area (Å²) in [4.78, 5) is 0. The first-order chi connectivity index (χ1) is 7.63. The quantitative estimate of drug-likeness (QED) is 0.599. The minimum atomic E-state index is -0.272. The predicted octanol–water partition coefficient (Wildman–Crippen LogP) is 1.31. The summed E-state index contributed by atoms with van der Waals surface area (Å²) in [6.07, 6.45) is 5.60. The Hall–Kier alpha value is -0.580. The SMILES string of the molecule is C=C(O)C(N)CC1CCC(OCCN)CC1. The van der Waals surface area contributed by atoms with Crippen LogP contribution in [-0.2, 0) is 4.74 Å². The van der Waals surface area contributed by atoms with Crippen LogP contribution in [-0.4, -0.2) is 30.4 Å². The normalized spacial score (nSPS) is 27.6. The van der Waals surface area contributed by atoms with Gasteiger partial charge in [-0.1, -0.05) is 6.58 Å². The molecular formula is C12H24N2O2. The number of nitrogens with two attached hydrogens (primary N) is 2. The molecule has 0 aliphatic heterocycles. The van der Waals surface area contributed by atoms with Gasteiger partial charge in [-0.25, -0.2) is 0 Å². The van der Waals surface area contributed by atoms with E-state index in [2.05, 4.69) is 6.58 Å². The molecule has 4 nitrogen and oxygen atoms in total. The van der Waals surface area contributed by atoms with Gasteiger partial charge in [0.2, 0.25) is 0 Å². The van der Waals surface area contributed by atoms with Crippen LogP contribution in [0.1, 0.15) is 32.1 Å². The molecule has 0 spiro atoms. The van der Waals surface area contributed by atoms with Gasteiger partial charge in [0, 0.05) is 6.54 Å². The van der Waals surface area contributed by atoms with Crippen molar-refractivity contribution in [3.05, 3.63) is 12.3 Å². The zero-order valence-electron chi connectivity index (χ0n) is 9.90. The number of aliphatic hydroxyl groups is 1. The van der Waals surface area contributed by atoms with Gasteiger partial charge in [0.25, 0.3) is 0 Å². The van der Waals surface area contributed by atoms with Gasteiger partial charge < -0.3 is 21.3 Å². The zero-order chi connectivity index (χ0) is 12.0. The molecule has 0 saturated heterocycles. The Kier molecular flexibility index (Phi) is 5.80. The van der Waals surface area contributed by atoms with Gasteiger partial charge in [-0.2, -0.15) is 0 Å². The van der Waals surface area contributed by atoms with E-state index >= 15 is 0 Å². The monoisotopic (exact) mass is 228 g/mol. The van der Waals surface area contributed by atoms with Crippen LogP contribution in [0.3, 0.4) is 0 Å². The molecule has 1 rings (SSSR count). The van der Waals surface area contributed by atoms with Crippen LogP contribution < -0.4 is 11.5 Å². The maximum Gasteiger partial charge on any atom is 0.102 e. The van der Waals surface area contributed by atoms with Crippen molar-refractivity contribution in [2.45, 2.75) is 44.2 Å². The van der Waals surface area contributed by atoms with Crippen molar-refractivity contribution in [2.75, 3.05) is 13.2 Å². The molecule has 0 aromatic heterocycles. The molecule has 1 fully saturated rings. The van der Waals surface area contributed by atoms with E-state index in [0.29, 0.717) is 25.2 Å². The molecule has 5 N–H and O–H groups in total. The third kappa shape index (κ3) is 4.51. The van der Waals surface area contributed by atoms with E-state index < -0.39 is 0 Å². The van der Waals surface area contributed by atoms with Gasteiger partial charge in [-0.3, -0.25) is 0 Å². The summed E-state index contributed by atoms with van der Waals surface area (Å²) in [5.74, 6) is 0.693. The highest BCUT2D eigenvalue weighted by Gasteiger charge is 2.23. The lowest BCUT2D eigenvalue weighted by Gasteiger charge is -2.29. The summed E-state index contributed by atoms with van der Waals surface area (Å²) >= 11 is 0. The summed E-state index contributed by atoms with van der Waals surface area (Å²) in [7, 11) is 0. The molecule has 0 bridgehead atoms. The van der Waals surface area contributed by atoms with E-state index in [-0.39, 0.29) is 11.8 Å². The Labute approximate surface area is 97.6 Å². The van der Waals surface area contributed by atoms with Crippen molar-refractivity contribution in [1.82, 2.24) is 0 Å². The lowest BCUT2D eigenvalue weighted by atomic mass is 9.83. The van der Waals surface area contributed by atoms with Crippen molar-refractivity contribution in [3.8, 4) is 0 Å². The van der Waals surface area contributed by atoms with Crippen LogP contribution in [0, 0.1) is 5.92 Å². The standard InChI is InChI=1S/C12H24N2O2/c1-9(15)12(14)8-10-2-4-11(5-3-10)16-7-6-13/h10-12,15H,1-8,13-14H2. The number of rotatable bonds is 6. The first-order valence-corrected chi connectivity index (χ1v) is 6.08. The maximum atomic E-state index is 9.16. The molecule has 1 unspecified atom stereocenters. The van der Waals surface area contributed by atoms with Crippen molar-refractivity contribution < 1.29 is 9.84 Å². The highest BCUT2D eigenvalue weighted by atomic mass is 16.5. The van der Waals surface area contributed by atoms with E-state index in [1.165, 1.54) is 0 Å². The highest BCUT2D eigenvalue weighted by Crippen LogP contribution is 2.29. The Morgan fingerprint density at radius 1 is 1.38 bits per heavy atom. The van der Waals surface area contributed by atoms with Crippen LogP contribution in [0.2, 0.25) is 0 Å². The Bertz CT molecular complexity index is 213. The average molecular weight is 228 g/mol. The highest BCUT2D eigenvalue weighted by molar-refractivity contribution is 4.93. The minimum Gasteiger partial charge on any atom is -0.511 e. The second kappa shape index (κ2) is 6.89. The molecule has 1 aliphatic rings. The summed E-state index contributed by atoms with van der Waals surface area (Å²) in [6.45, 7) is 4.72. The first kappa shape index (κ1) is 13.5. The molecule has 1 saturated carbocycles. The van der Waals surface area contributed by atoms with Crippen LogP contribution >= 0.6 is 0 Å². The summed E-state index contributed by atoms with van der Waals surface area (Å²) in [5, 5.41) is 9.16. The lowest BCUT2D eigenvalue weighted by molar-refractivity contribution is 0.0209. The van der Waals surface area contributed by atoms with E-state index in [1.54, 1.807) is 0 Å². The van der Waals surface area contributed by atoms with Gasteiger partial charge in [-0.15, -0.1) is 0 Å². The molecule has 0 aromatic carbocycles. The number of hydrogen-bond acceptors (Lipinski definition) is 4. The smallest absolute Gasteiger partial charge is 0.102 e. The second-order valence-electron chi connectivity index (χ2n) is 4.64. The molecule has 1 aliphatic carbocycles. The molecule has 0 radical (unpaired) electrons. The van der Waals surface area contributed by atoms with E-state index in [1.807, 2.05) is 0 Å². The van der Waals surface area contributed by atoms with Crippen LogP contribution in [0.15, 0.2) is 12.3 Å². The van der Waals surface area contributed by atoms with Gasteiger partial charge in [0.05, 0.1) is 18.8 Å². The van der Waals surface area contributed by atoms with Crippen LogP contribution in [0.25, 0.3) is 0 Å². The lowest BCUT2D eigenvalue weighted by Crippen LogP contribution is -2.29. The van der Waals surface area contributed by atoms with Gasteiger partial charge in [0.1, 0.15) is 5.76 Å². The topological polar surface area (TPSA) is 81.5 Å². The van der Waals surface area contributed by atoms with E-state index in [4.69, 9.17) is 21.3 Å². The van der Waals surface area contributed by atoms with E-state index in [0.717, 1.165) is 32.1 Å².